The molecule has 1 aromatic carbocycles. The SMILES string of the molecule is CC(=O)Nc1nonc1N1C(=N)SC(=Cc2ccc(-c3ccc(Cl)c(C(F)(F)F)c3)o2)C1=O. The maximum Gasteiger partial charge on any atom is 0.417 e. The van der Waals surface area contributed by atoms with Crippen LogP contribution in [0, 0.1) is 5.41 Å². The van der Waals surface area contributed by atoms with Crippen LogP contribution in [0.4, 0.5) is 24.8 Å². The van der Waals surface area contributed by atoms with Crippen molar-refractivity contribution < 1.29 is 31.8 Å². The molecule has 0 radical (unpaired) electrons. The first-order valence-electron chi connectivity index (χ1n) is 8.94. The van der Waals surface area contributed by atoms with Crippen LogP contribution in [0.5, 0.6) is 0 Å². The Kier molecular flexibility index (Phi) is 5.76. The molecule has 0 saturated carbocycles. The summed E-state index contributed by atoms with van der Waals surface area (Å²) in [6, 6.07) is 6.27. The number of furan rings is 1. The number of nitrogens with one attached hydrogen (secondary N) is 2. The van der Waals surface area contributed by atoms with Gasteiger partial charge in [-0.2, -0.15) is 13.2 Å². The standard InChI is InChI=1S/C19H11ClF3N5O4S/c1-8(29)25-15-16(27-32-26-15)28-17(30)14(33-18(28)24)7-10-3-5-13(31-10)9-2-4-12(20)11(6-9)19(21,22)23/h2-7,24H,1H3,(H,25,26,29). The molecule has 1 fully saturated rings. The number of amidine groups is 1. The number of hydrogen-bond acceptors (Lipinski definition) is 8. The van der Waals surface area contributed by atoms with Crippen LogP contribution in [0.2, 0.25) is 5.02 Å². The molecule has 0 spiro atoms. The number of carbonyl (C=O) groups excluding carboxylic acids is 2. The fourth-order valence-corrected chi connectivity index (χ4v) is 3.91. The summed E-state index contributed by atoms with van der Waals surface area (Å²) in [5.74, 6) is -1.15. The van der Waals surface area contributed by atoms with Crippen molar-refractivity contribution in [3.8, 4) is 11.3 Å². The van der Waals surface area contributed by atoms with Crippen LogP contribution in [-0.2, 0) is 15.8 Å². The topological polar surface area (TPSA) is 125 Å². The fourth-order valence-electron chi connectivity index (χ4n) is 2.87. The molecule has 1 saturated heterocycles. The molecule has 3 heterocycles. The zero-order valence-electron chi connectivity index (χ0n) is 16.4. The first kappa shape index (κ1) is 22.6. The summed E-state index contributed by atoms with van der Waals surface area (Å²) in [6.45, 7) is 1.22. The van der Waals surface area contributed by atoms with Gasteiger partial charge >= 0.3 is 6.18 Å². The second-order valence-corrected chi connectivity index (χ2v) is 8.01. The van der Waals surface area contributed by atoms with Gasteiger partial charge in [0.1, 0.15) is 11.5 Å². The Labute approximate surface area is 192 Å². The first-order chi connectivity index (χ1) is 15.5. The molecular weight excluding hydrogens is 487 g/mol. The van der Waals surface area contributed by atoms with E-state index in [-0.39, 0.29) is 38.8 Å². The fraction of sp³-hybridized carbons (Fsp3) is 0.105. The van der Waals surface area contributed by atoms with Gasteiger partial charge in [-0.1, -0.05) is 11.6 Å². The summed E-state index contributed by atoms with van der Waals surface area (Å²) in [4.78, 5) is 25.1. The Balaban J connectivity index is 1.61. The minimum atomic E-state index is -4.63. The Hall–Kier alpha value is -3.58. The molecular formula is C19H11ClF3N5O4S. The molecule has 2 aromatic heterocycles. The largest absolute Gasteiger partial charge is 0.457 e. The van der Waals surface area contributed by atoms with Crippen molar-refractivity contribution in [3.63, 3.8) is 0 Å². The third-order valence-electron chi connectivity index (χ3n) is 4.26. The van der Waals surface area contributed by atoms with Crippen molar-refractivity contribution in [2.24, 2.45) is 0 Å². The Morgan fingerprint density at radius 2 is 2.03 bits per heavy atom. The molecule has 4 rings (SSSR count). The smallest absolute Gasteiger partial charge is 0.417 e. The molecule has 0 bridgehead atoms. The van der Waals surface area contributed by atoms with Gasteiger partial charge in [-0.25, -0.2) is 9.53 Å². The highest BCUT2D eigenvalue weighted by molar-refractivity contribution is 8.19. The third-order valence-corrected chi connectivity index (χ3v) is 5.48. The van der Waals surface area contributed by atoms with E-state index >= 15 is 0 Å². The molecule has 9 nitrogen and oxygen atoms in total. The number of hydrogen-bond donors (Lipinski definition) is 2. The van der Waals surface area contributed by atoms with Gasteiger partial charge in [-0.3, -0.25) is 15.0 Å². The minimum absolute atomic E-state index is 0.0739. The molecule has 3 aromatic rings. The number of benzene rings is 1. The number of alkyl halides is 3. The van der Waals surface area contributed by atoms with Crippen LogP contribution in [0.3, 0.4) is 0 Å². The molecule has 2 amide bonds. The maximum atomic E-state index is 13.1. The molecule has 1 aliphatic rings. The van der Waals surface area contributed by atoms with E-state index in [0.717, 1.165) is 28.8 Å². The predicted molar refractivity (Wildman–Crippen MR) is 114 cm³/mol. The first-order valence-corrected chi connectivity index (χ1v) is 10.1. The van der Waals surface area contributed by atoms with E-state index in [2.05, 4.69) is 20.3 Å². The van der Waals surface area contributed by atoms with Gasteiger partial charge in [0, 0.05) is 18.6 Å². The highest BCUT2D eigenvalue weighted by atomic mass is 35.5. The number of aromatic nitrogens is 2. The van der Waals surface area contributed by atoms with Crippen LogP contribution >= 0.6 is 23.4 Å². The number of rotatable bonds is 4. The predicted octanol–water partition coefficient (Wildman–Crippen LogP) is 5.02. The van der Waals surface area contributed by atoms with E-state index in [0.29, 0.717) is 0 Å². The molecule has 33 heavy (non-hydrogen) atoms. The third kappa shape index (κ3) is 4.50. The second kappa shape index (κ2) is 8.41. The van der Waals surface area contributed by atoms with E-state index in [1.165, 1.54) is 31.2 Å². The van der Waals surface area contributed by atoms with Gasteiger partial charge in [-0.15, -0.1) is 0 Å². The number of thioether (sulfide) groups is 1. The van der Waals surface area contributed by atoms with Gasteiger partial charge < -0.3 is 9.73 Å². The number of amides is 2. The minimum Gasteiger partial charge on any atom is -0.457 e. The zero-order chi connectivity index (χ0) is 23.9. The van der Waals surface area contributed by atoms with Crippen molar-refractivity contribution in [3.05, 3.63) is 51.6 Å². The molecule has 1 aliphatic heterocycles. The van der Waals surface area contributed by atoms with Crippen molar-refractivity contribution in [1.82, 2.24) is 10.3 Å². The van der Waals surface area contributed by atoms with E-state index < -0.39 is 28.6 Å². The Morgan fingerprint density at radius 1 is 1.27 bits per heavy atom. The average Bonchev–Trinajstić information content (AvgIpc) is 3.42. The lowest BCUT2D eigenvalue weighted by Crippen LogP contribution is -2.29. The number of anilines is 2. The van der Waals surface area contributed by atoms with Gasteiger partial charge in [-0.05, 0) is 52.4 Å². The van der Waals surface area contributed by atoms with Gasteiger partial charge in [0.2, 0.25) is 17.5 Å². The van der Waals surface area contributed by atoms with E-state index in [1.54, 1.807) is 0 Å². The highest BCUT2D eigenvalue weighted by Gasteiger charge is 2.38. The van der Waals surface area contributed by atoms with Gasteiger partial charge in [0.15, 0.2) is 5.17 Å². The monoisotopic (exact) mass is 497 g/mol. The van der Waals surface area contributed by atoms with Gasteiger partial charge in [0.05, 0.1) is 15.5 Å². The van der Waals surface area contributed by atoms with Crippen LogP contribution in [0.1, 0.15) is 18.2 Å². The molecule has 2 N–H and O–H groups in total. The molecule has 0 unspecified atom stereocenters. The highest BCUT2D eigenvalue weighted by Crippen LogP contribution is 2.39. The van der Waals surface area contributed by atoms with Crippen LogP contribution in [0.25, 0.3) is 17.4 Å². The van der Waals surface area contributed by atoms with E-state index in [9.17, 15) is 22.8 Å². The van der Waals surface area contributed by atoms with Crippen LogP contribution < -0.4 is 10.2 Å². The summed E-state index contributed by atoms with van der Waals surface area (Å²) < 4.78 is 49.5. The lowest BCUT2D eigenvalue weighted by atomic mass is 10.1. The lowest BCUT2D eigenvalue weighted by Gasteiger charge is -2.10. The Morgan fingerprint density at radius 3 is 2.73 bits per heavy atom. The zero-order valence-corrected chi connectivity index (χ0v) is 17.9. The summed E-state index contributed by atoms with van der Waals surface area (Å²) in [7, 11) is 0. The van der Waals surface area contributed by atoms with Crippen molar-refractivity contribution in [1.29, 1.82) is 5.41 Å². The van der Waals surface area contributed by atoms with Gasteiger partial charge in [0.25, 0.3) is 5.91 Å². The van der Waals surface area contributed by atoms with Crippen molar-refractivity contribution >= 4 is 58.1 Å². The number of carbonyl (C=O) groups is 2. The quantitative estimate of drug-likeness (QED) is 0.485. The molecule has 14 heteroatoms. The summed E-state index contributed by atoms with van der Waals surface area (Å²) in [5.41, 5.74) is -0.857. The Bertz CT molecular complexity index is 1320. The maximum absolute atomic E-state index is 13.1. The van der Waals surface area contributed by atoms with Crippen molar-refractivity contribution in [2.75, 3.05) is 10.2 Å². The summed E-state index contributed by atoms with van der Waals surface area (Å²) >= 11 is 6.43. The van der Waals surface area contributed by atoms with E-state index in [4.69, 9.17) is 21.4 Å². The summed E-state index contributed by atoms with van der Waals surface area (Å²) in [6.07, 6.45) is -3.30. The second-order valence-electron chi connectivity index (χ2n) is 6.57. The molecule has 0 atom stereocenters. The number of halogens is 4. The average molecular weight is 498 g/mol. The number of nitrogens with zero attached hydrogens (tertiary/aromatic N) is 3. The van der Waals surface area contributed by atoms with Crippen LogP contribution in [-0.4, -0.2) is 27.3 Å². The summed E-state index contributed by atoms with van der Waals surface area (Å²) in [5, 5.41) is 16.8. The van der Waals surface area contributed by atoms with Crippen LogP contribution in [0.15, 0.2) is 44.3 Å². The van der Waals surface area contributed by atoms with E-state index in [1.807, 2.05) is 0 Å². The molecule has 170 valence electrons. The molecule has 0 aliphatic carbocycles. The lowest BCUT2D eigenvalue weighted by molar-refractivity contribution is -0.137. The van der Waals surface area contributed by atoms with Crippen molar-refractivity contribution in [2.45, 2.75) is 13.1 Å². The normalized spacial score (nSPS) is 15.5.